The number of aromatic hydroxyl groups is 1. The number of imide groups is 1. The number of phenolic OH excluding ortho intramolecular Hbond substituents is 1. The van der Waals surface area contributed by atoms with Gasteiger partial charge in [-0.15, -0.1) is 0 Å². The number of halogens is 2. The van der Waals surface area contributed by atoms with Crippen molar-refractivity contribution in [3.63, 3.8) is 0 Å². The number of rotatable bonds is 4. The summed E-state index contributed by atoms with van der Waals surface area (Å²) in [6.07, 6.45) is 1.61. The largest absolute Gasteiger partial charge is 0.504 e. The molecule has 0 aromatic heterocycles. The van der Waals surface area contributed by atoms with Gasteiger partial charge >= 0.3 is 0 Å². The number of methoxy groups -OCH3 is 1. The zero-order valence-corrected chi connectivity index (χ0v) is 17.3. The smallest absolute Gasteiger partial charge is 0.293 e. The Morgan fingerprint density at radius 3 is 2.73 bits per heavy atom. The molecule has 0 radical (unpaired) electrons. The zero-order valence-electron chi connectivity index (χ0n) is 13.5. The van der Waals surface area contributed by atoms with Crippen LogP contribution in [0.3, 0.4) is 0 Å². The lowest BCUT2D eigenvalue weighted by Gasteiger charge is -2.13. The van der Waals surface area contributed by atoms with Crippen molar-refractivity contribution in [3.05, 3.63) is 61.0 Å². The highest BCUT2D eigenvalue weighted by Gasteiger charge is 2.35. The van der Waals surface area contributed by atoms with Gasteiger partial charge in [-0.25, -0.2) is 0 Å². The van der Waals surface area contributed by atoms with Crippen LogP contribution in [0.1, 0.15) is 11.1 Å². The Labute approximate surface area is 173 Å². The average Bonchev–Trinajstić information content (AvgIpc) is 2.87. The average molecular weight is 502 g/mol. The number of hydrogen-bond acceptors (Lipinski definition) is 5. The minimum Gasteiger partial charge on any atom is -0.504 e. The van der Waals surface area contributed by atoms with Crippen LogP contribution >= 0.6 is 46.0 Å². The Hall–Kier alpha value is -1.71. The molecule has 0 aliphatic carbocycles. The van der Waals surface area contributed by atoms with E-state index in [-0.39, 0.29) is 23.4 Å². The first kappa shape index (κ1) is 19.1. The van der Waals surface area contributed by atoms with Crippen LogP contribution < -0.4 is 4.74 Å². The van der Waals surface area contributed by atoms with E-state index < -0.39 is 0 Å². The molecule has 8 heteroatoms. The van der Waals surface area contributed by atoms with Crippen LogP contribution in [0.15, 0.2) is 41.3 Å². The molecule has 1 fully saturated rings. The molecule has 1 heterocycles. The topological polar surface area (TPSA) is 66.8 Å². The van der Waals surface area contributed by atoms with Crippen LogP contribution in [0.4, 0.5) is 4.79 Å². The maximum Gasteiger partial charge on any atom is 0.293 e. The van der Waals surface area contributed by atoms with Crippen LogP contribution in [0, 0.1) is 3.57 Å². The first-order chi connectivity index (χ1) is 12.4. The van der Waals surface area contributed by atoms with Crippen LogP contribution in [0.5, 0.6) is 11.5 Å². The number of carbonyl (C=O) groups is 2. The molecule has 134 valence electrons. The van der Waals surface area contributed by atoms with Gasteiger partial charge in [0.05, 0.1) is 22.1 Å². The van der Waals surface area contributed by atoms with E-state index in [0.29, 0.717) is 30.4 Å². The Balaban J connectivity index is 1.88. The van der Waals surface area contributed by atoms with Gasteiger partial charge in [0, 0.05) is 5.02 Å². The van der Waals surface area contributed by atoms with E-state index in [1.165, 1.54) is 12.0 Å². The van der Waals surface area contributed by atoms with E-state index in [0.717, 1.165) is 11.8 Å². The summed E-state index contributed by atoms with van der Waals surface area (Å²) in [7, 11) is 1.45. The molecule has 0 saturated carbocycles. The van der Waals surface area contributed by atoms with Gasteiger partial charge in [0.1, 0.15) is 0 Å². The van der Waals surface area contributed by atoms with Crippen LogP contribution in [0.2, 0.25) is 5.02 Å². The van der Waals surface area contributed by atoms with Crippen molar-refractivity contribution in [3.8, 4) is 11.5 Å². The van der Waals surface area contributed by atoms with Crippen molar-refractivity contribution < 1.29 is 19.4 Å². The number of carbonyl (C=O) groups excluding carboxylic acids is 2. The Morgan fingerprint density at radius 2 is 2.04 bits per heavy atom. The highest BCUT2D eigenvalue weighted by Crippen LogP contribution is 2.37. The van der Waals surface area contributed by atoms with E-state index in [9.17, 15) is 14.7 Å². The number of hydrogen-bond donors (Lipinski definition) is 1. The van der Waals surface area contributed by atoms with Crippen molar-refractivity contribution in [2.75, 3.05) is 7.11 Å². The van der Waals surface area contributed by atoms with Crippen LogP contribution in [-0.4, -0.2) is 28.3 Å². The molecule has 1 aliphatic heterocycles. The summed E-state index contributed by atoms with van der Waals surface area (Å²) < 4.78 is 5.71. The van der Waals surface area contributed by atoms with E-state index in [1.54, 1.807) is 42.5 Å². The molecule has 0 bridgehead atoms. The van der Waals surface area contributed by atoms with Gasteiger partial charge in [-0.3, -0.25) is 14.5 Å². The molecule has 0 spiro atoms. The van der Waals surface area contributed by atoms with Crippen molar-refractivity contribution in [2.24, 2.45) is 0 Å². The maximum absolute atomic E-state index is 12.6. The number of benzene rings is 2. The second-order valence-electron chi connectivity index (χ2n) is 5.41. The molecular weight excluding hydrogens is 489 g/mol. The Kier molecular flexibility index (Phi) is 5.79. The highest BCUT2D eigenvalue weighted by molar-refractivity contribution is 14.1. The van der Waals surface area contributed by atoms with Gasteiger partial charge in [0.15, 0.2) is 11.5 Å². The molecule has 1 aliphatic rings. The van der Waals surface area contributed by atoms with Gasteiger partial charge in [-0.1, -0.05) is 29.8 Å². The second-order valence-corrected chi connectivity index (χ2v) is 7.98. The first-order valence-electron chi connectivity index (χ1n) is 7.46. The molecule has 2 aromatic rings. The lowest BCUT2D eigenvalue weighted by atomic mass is 10.1. The summed E-state index contributed by atoms with van der Waals surface area (Å²) in [5, 5.41) is 10.1. The zero-order chi connectivity index (χ0) is 18.8. The molecule has 1 N–H and O–H groups in total. The molecule has 3 rings (SSSR count). The SMILES string of the molecule is COc1cc(/C=C2/SC(=O)N(Cc3ccccc3Cl)C2=O)cc(I)c1O. The third-order valence-corrected chi connectivity index (χ3v) is 5.83. The summed E-state index contributed by atoms with van der Waals surface area (Å²) in [6, 6.07) is 10.4. The van der Waals surface area contributed by atoms with Crippen molar-refractivity contribution in [1.82, 2.24) is 4.90 Å². The molecular formula is C18H13ClINO4S. The number of nitrogens with zero attached hydrogens (tertiary/aromatic N) is 1. The molecule has 0 atom stereocenters. The summed E-state index contributed by atoms with van der Waals surface area (Å²) in [6.45, 7) is 0.123. The highest BCUT2D eigenvalue weighted by atomic mass is 127. The third kappa shape index (κ3) is 3.84. The lowest BCUT2D eigenvalue weighted by Crippen LogP contribution is -2.27. The van der Waals surface area contributed by atoms with E-state index in [2.05, 4.69) is 0 Å². The van der Waals surface area contributed by atoms with E-state index in [4.69, 9.17) is 16.3 Å². The number of phenols is 1. The number of ether oxygens (including phenoxy) is 1. The molecule has 0 unspecified atom stereocenters. The van der Waals surface area contributed by atoms with Crippen molar-refractivity contribution in [1.29, 1.82) is 0 Å². The normalized spacial score (nSPS) is 15.8. The standard InChI is InChI=1S/C18H13ClINO4S/c1-25-14-7-10(6-13(20)16(14)22)8-15-17(23)21(18(24)26-15)9-11-4-2-3-5-12(11)19/h2-8,22H,9H2,1H3/b15-8+. The Morgan fingerprint density at radius 1 is 1.31 bits per heavy atom. The molecule has 5 nitrogen and oxygen atoms in total. The minimum absolute atomic E-state index is 0.0390. The van der Waals surface area contributed by atoms with Gasteiger partial charge in [0.25, 0.3) is 11.1 Å². The quantitative estimate of drug-likeness (QED) is 0.477. The third-order valence-electron chi connectivity index (χ3n) is 3.73. The predicted octanol–water partition coefficient (Wildman–Crippen LogP) is 4.90. The molecule has 1 saturated heterocycles. The molecule has 2 amide bonds. The number of thioether (sulfide) groups is 1. The fraction of sp³-hybridized carbons (Fsp3) is 0.111. The van der Waals surface area contributed by atoms with Gasteiger partial charge < -0.3 is 9.84 Å². The lowest BCUT2D eigenvalue weighted by molar-refractivity contribution is -0.123. The van der Waals surface area contributed by atoms with Crippen LogP contribution in [0.25, 0.3) is 6.08 Å². The van der Waals surface area contributed by atoms with Gasteiger partial charge in [-0.2, -0.15) is 0 Å². The van der Waals surface area contributed by atoms with E-state index >= 15 is 0 Å². The second kappa shape index (κ2) is 7.89. The van der Waals surface area contributed by atoms with Crippen molar-refractivity contribution >= 4 is 63.2 Å². The summed E-state index contributed by atoms with van der Waals surface area (Å²) in [5.74, 6) is -0.0301. The molecule has 26 heavy (non-hydrogen) atoms. The van der Waals surface area contributed by atoms with E-state index in [1.807, 2.05) is 22.6 Å². The van der Waals surface area contributed by atoms with Crippen LogP contribution in [-0.2, 0) is 11.3 Å². The Bertz CT molecular complexity index is 931. The van der Waals surface area contributed by atoms with Gasteiger partial charge in [-0.05, 0) is 69.8 Å². The first-order valence-corrected chi connectivity index (χ1v) is 9.73. The summed E-state index contributed by atoms with van der Waals surface area (Å²) in [5.41, 5.74) is 1.37. The maximum atomic E-state index is 12.6. The summed E-state index contributed by atoms with van der Waals surface area (Å²) >= 11 is 8.97. The van der Waals surface area contributed by atoms with Crippen molar-refractivity contribution in [2.45, 2.75) is 6.54 Å². The monoisotopic (exact) mass is 501 g/mol. The minimum atomic E-state index is -0.373. The fourth-order valence-corrected chi connectivity index (χ4v) is 4.08. The molecule has 2 aromatic carbocycles. The van der Waals surface area contributed by atoms with Gasteiger partial charge in [0.2, 0.25) is 0 Å². The fourth-order valence-electron chi connectivity index (χ4n) is 2.42. The predicted molar refractivity (Wildman–Crippen MR) is 110 cm³/mol. The number of amides is 2. The summed E-state index contributed by atoms with van der Waals surface area (Å²) in [4.78, 5) is 26.4.